The maximum absolute atomic E-state index is 13.3. The van der Waals surface area contributed by atoms with E-state index in [9.17, 15) is 24.3 Å². The number of carboxylic acids is 1. The van der Waals surface area contributed by atoms with Gasteiger partial charge in [0.1, 0.15) is 5.70 Å². The summed E-state index contributed by atoms with van der Waals surface area (Å²) >= 11 is 19.5. The van der Waals surface area contributed by atoms with Crippen LogP contribution in [0.2, 0.25) is 15.1 Å². The summed E-state index contributed by atoms with van der Waals surface area (Å²) in [6.07, 6.45) is 1.46. The predicted octanol–water partition coefficient (Wildman–Crippen LogP) is 7.87. The second-order valence-corrected chi connectivity index (χ2v) is 11.9. The molecule has 0 aliphatic heterocycles. The number of rotatable bonds is 10. The van der Waals surface area contributed by atoms with Crippen LogP contribution in [0.3, 0.4) is 0 Å². The number of aromatic carboxylic acids is 1. The normalized spacial score (nSPS) is 11.8. The average molecular weight is 669 g/mol. The third-order valence-corrected chi connectivity index (χ3v) is 8.05. The Kier molecular flexibility index (Phi) is 11.1. The van der Waals surface area contributed by atoms with Crippen LogP contribution in [0.5, 0.6) is 0 Å². The first kappa shape index (κ1) is 32.6. The van der Waals surface area contributed by atoms with Crippen LogP contribution in [0.25, 0.3) is 6.08 Å². The van der Waals surface area contributed by atoms with Crippen LogP contribution in [0.4, 0.5) is 11.4 Å². The summed E-state index contributed by atoms with van der Waals surface area (Å²) < 4.78 is 0. The van der Waals surface area contributed by atoms with Crippen molar-refractivity contribution >= 4 is 87.7 Å². The molecular weight excluding hydrogens is 645 g/mol. The van der Waals surface area contributed by atoms with E-state index in [0.717, 1.165) is 4.90 Å². The minimum atomic E-state index is -1.20. The quantitative estimate of drug-likeness (QED) is 0.101. The van der Waals surface area contributed by atoms with Crippen LogP contribution < -0.4 is 16.0 Å². The van der Waals surface area contributed by atoms with Gasteiger partial charge in [-0.3, -0.25) is 14.4 Å². The topological polar surface area (TPSA) is 125 Å². The Balaban J connectivity index is 1.44. The van der Waals surface area contributed by atoms with Gasteiger partial charge < -0.3 is 21.1 Å². The number of hydrogen-bond acceptors (Lipinski definition) is 5. The molecule has 4 aromatic carbocycles. The number of halogens is 3. The molecule has 0 saturated heterocycles. The number of benzene rings is 4. The molecule has 1 atom stereocenters. The fraction of sp³-hybridized carbons (Fsp3) is 0.0625. The third kappa shape index (κ3) is 8.87. The Hall–Kier alpha value is -4.28. The lowest BCUT2D eigenvalue weighted by Gasteiger charge is -2.14. The van der Waals surface area contributed by atoms with Crippen LogP contribution >= 0.6 is 46.6 Å². The lowest BCUT2D eigenvalue weighted by Crippen LogP contribution is -2.30. The number of carbonyl (C=O) groups excluding carboxylic acids is 3. The molecule has 0 radical (unpaired) electrons. The molecule has 0 saturated carbocycles. The second-order valence-electron chi connectivity index (χ2n) is 9.27. The molecule has 1 unspecified atom stereocenters. The van der Waals surface area contributed by atoms with Gasteiger partial charge in [-0.15, -0.1) is 11.8 Å². The van der Waals surface area contributed by atoms with Crippen LogP contribution in [0.15, 0.2) is 102 Å². The number of anilines is 2. The third-order valence-electron chi connectivity index (χ3n) is 6.05. The standard InChI is InChI=1S/C32H24Cl3N3O5S/c1-18(29(39)37-23-11-14-26(34)25(17-23)32(42)43)44-24-12-9-22(10-13-24)36-31(41)28(15-20-7-8-21(33)16-27(20)35)38-30(40)19-5-3-2-4-6-19/h2-18H,1H3,(H,36,41)(H,37,39)(H,38,40)(H,42,43)/b28-15-. The molecule has 44 heavy (non-hydrogen) atoms. The number of nitrogens with one attached hydrogen (secondary N) is 3. The van der Waals surface area contributed by atoms with Gasteiger partial charge in [-0.2, -0.15) is 0 Å². The van der Waals surface area contributed by atoms with Crippen molar-refractivity contribution in [3.8, 4) is 0 Å². The van der Waals surface area contributed by atoms with E-state index in [4.69, 9.17) is 34.8 Å². The van der Waals surface area contributed by atoms with Gasteiger partial charge in [0.25, 0.3) is 11.8 Å². The van der Waals surface area contributed by atoms with E-state index in [1.165, 1.54) is 42.1 Å². The zero-order chi connectivity index (χ0) is 31.8. The van der Waals surface area contributed by atoms with E-state index in [1.807, 2.05) is 0 Å². The highest BCUT2D eigenvalue weighted by molar-refractivity contribution is 8.00. The molecule has 0 heterocycles. The van der Waals surface area contributed by atoms with E-state index in [2.05, 4.69) is 16.0 Å². The Morgan fingerprint density at radius 3 is 2.14 bits per heavy atom. The van der Waals surface area contributed by atoms with Crippen LogP contribution in [-0.4, -0.2) is 34.0 Å². The summed E-state index contributed by atoms with van der Waals surface area (Å²) in [7, 11) is 0. The zero-order valence-corrected chi connectivity index (χ0v) is 26.0. The number of carboxylic acid groups (broad SMARTS) is 1. The summed E-state index contributed by atoms with van der Waals surface area (Å²) in [5.41, 5.74) is 1.44. The maximum Gasteiger partial charge on any atom is 0.337 e. The molecule has 12 heteroatoms. The highest BCUT2D eigenvalue weighted by atomic mass is 35.5. The van der Waals surface area contributed by atoms with Crippen LogP contribution in [0.1, 0.15) is 33.2 Å². The molecule has 4 rings (SSSR count). The van der Waals surface area contributed by atoms with Gasteiger partial charge in [0, 0.05) is 31.9 Å². The van der Waals surface area contributed by atoms with Gasteiger partial charge in [0.15, 0.2) is 0 Å². The molecule has 224 valence electrons. The SMILES string of the molecule is CC(Sc1ccc(NC(=O)/C(=C/c2ccc(Cl)cc2Cl)NC(=O)c2ccccc2)cc1)C(=O)Nc1ccc(Cl)c(C(=O)O)c1. The Labute approximate surface area is 272 Å². The van der Waals surface area contributed by atoms with Crippen molar-refractivity contribution < 1.29 is 24.3 Å². The van der Waals surface area contributed by atoms with E-state index >= 15 is 0 Å². The summed E-state index contributed by atoms with van der Waals surface area (Å²) in [6.45, 7) is 1.71. The van der Waals surface area contributed by atoms with Crippen molar-refractivity contribution in [1.29, 1.82) is 0 Å². The van der Waals surface area contributed by atoms with Crippen LogP contribution in [-0.2, 0) is 9.59 Å². The second kappa shape index (κ2) is 14.9. The zero-order valence-electron chi connectivity index (χ0n) is 22.9. The van der Waals surface area contributed by atoms with E-state index in [1.54, 1.807) is 73.7 Å². The molecule has 0 spiro atoms. The summed E-state index contributed by atoms with van der Waals surface area (Å²) in [5.74, 6) is -2.60. The minimum absolute atomic E-state index is 0.0416. The highest BCUT2D eigenvalue weighted by Crippen LogP contribution is 2.27. The van der Waals surface area contributed by atoms with Gasteiger partial charge in [0.05, 0.1) is 15.8 Å². The number of carbonyl (C=O) groups is 4. The Morgan fingerprint density at radius 1 is 0.795 bits per heavy atom. The first-order chi connectivity index (χ1) is 21.0. The fourth-order valence-corrected chi connectivity index (χ4v) is 5.33. The lowest BCUT2D eigenvalue weighted by atomic mass is 10.1. The number of amides is 3. The Morgan fingerprint density at radius 2 is 1.48 bits per heavy atom. The van der Waals surface area contributed by atoms with E-state index < -0.39 is 23.0 Å². The molecule has 4 N–H and O–H groups in total. The molecule has 0 aliphatic carbocycles. The number of hydrogen-bond donors (Lipinski definition) is 4. The minimum Gasteiger partial charge on any atom is -0.478 e. The van der Waals surface area contributed by atoms with Crippen molar-refractivity contribution in [2.45, 2.75) is 17.1 Å². The molecule has 8 nitrogen and oxygen atoms in total. The van der Waals surface area contributed by atoms with Crippen molar-refractivity contribution in [2.75, 3.05) is 10.6 Å². The van der Waals surface area contributed by atoms with Gasteiger partial charge in [-0.25, -0.2) is 4.79 Å². The molecule has 3 amide bonds. The number of thioether (sulfide) groups is 1. The molecule has 0 bridgehead atoms. The molecule has 0 aromatic heterocycles. The molecule has 0 fully saturated rings. The lowest BCUT2D eigenvalue weighted by molar-refractivity contribution is -0.115. The summed E-state index contributed by atoms with van der Waals surface area (Å²) in [4.78, 5) is 51.0. The Bertz CT molecular complexity index is 1750. The van der Waals surface area contributed by atoms with Gasteiger partial charge in [-0.1, -0.05) is 59.1 Å². The molecular formula is C32H24Cl3N3O5S. The molecule has 4 aromatic rings. The van der Waals surface area contributed by atoms with Crippen molar-refractivity contribution in [3.63, 3.8) is 0 Å². The van der Waals surface area contributed by atoms with E-state index in [-0.39, 0.29) is 22.2 Å². The first-order valence-electron chi connectivity index (χ1n) is 12.9. The van der Waals surface area contributed by atoms with Gasteiger partial charge in [-0.05, 0) is 85.3 Å². The predicted molar refractivity (Wildman–Crippen MR) is 176 cm³/mol. The largest absolute Gasteiger partial charge is 0.478 e. The van der Waals surface area contributed by atoms with Gasteiger partial charge >= 0.3 is 5.97 Å². The van der Waals surface area contributed by atoms with E-state index in [0.29, 0.717) is 32.5 Å². The summed E-state index contributed by atoms with van der Waals surface area (Å²) in [6, 6.07) is 24.3. The van der Waals surface area contributed by atoms with Crippen LogP contribution in [0, 0.1) is 0 Å². The monoisotopic (exact) mass is 667 g/mol. The van der Waals surface area contributed by atoms with Crippen molar-refractivity contribution in [2.24, 2.45) is 0 Å². The van der Waals surface area contributed by atoms with Crippen molar-refractivity contribution in [1.82, 2.24) is 5.32 Å². The molecule has 0 aliphatic rings. The van der Waals surface area contributed by atoms with Crippen molar-refractivity contribution in [3.05, 3.63) is 128 Å². The summed E-state index contributed by atoms with van der Waals surface area (Å²) in [5, 5.41) is 17.6. The highest BCUT2D eigenvalue weighted by Gasteiger charge is 2.18. The average Bonchev–Trinajstić information content (AvgIpc) is 3.00. The van der Waals surface area contributed by atoms with Gasteiger partial charge in [0.2, 0.25) is 5.91 Å². The maximum atomic E-state index is 13.3. The first-order valence-corrected chi connectivity index (χ1v) is 15.0. The fourth-order valence-electron chi connectivity index (χ4n) is 3.80. The smallest absolute Gasteiger partial charge is 0.337 e.